The number of aromatic nitrogens is 2. The van der Waals surface area contributed by atoms with Gasteiger partial charge in [-0.05, 0) is 11.5 Å². The summed E-state index contributed by atoms with van der Waals surface area (Å²) in [6.07, 6.45) is 1.33. The van der Waals surface area contributed by atoms with E-state index in [1.54, 1.807) is 0 Å². The summed E-state index contributed by atoms with van der Waals surface area (Å²) < 4.78 is 25.7. The average molecular weight is 190 g/mol. The van der Waals surface area contributed by atoms with Crippen molar-refractivity contribution in [3.05, 3.63) is 18.0 Å². The van der Waals surface area contributed by atoms with Gasteiger partial charge in [-0.3, -0.25) is 0 Å². The van der Waals surface area contributed by atoms with E-state index >= 15 is 0 Å². The number of rotatable bonds is 3. The summed E-state index contributed by atoms with van der Waals surface area (Å²) in [4.78, 5) is 0. The summed E-state index contributed by atoms with van der Waals surface area (Å²) in [5.41, 5.74) is 0. The van der Waals surface area contributed by atoms with Gasteiger partial charge in [-0.25, -0.2) is 8.42 Å². The smallest absolute Gasteiger partial charge is 0.201 e. The van der Waals surface area contributed by atoms with E-state index in [9.17, 15) is 8.42 Å². The van der Waals surface area contributed by atoms with Crippen molar-refractivity contribution in [2.75, 3.05) is 5.75 Å². The molecule has 0 bridgehead atoms. The van der Waals surface area contributed by atoms with Gasteiger partial charge in [-0.15, -0.1) is 11.7 Å². The van der Waals surface area contributed by atoms with Gasteiger partial charge in [-0.1, -0.05) is 10.6 Å². The van der Waals surface area contributed by atoms with E-state index in [4.69, 9.17) is 0 Å². The molecule has 0 atom stereocenters. The monoisotopic (exact) mass is 190 g/mol. The van der Waals surface area contributed by atoms with Gasteiger partial charge in [0.1, 0.15) is 0 Å². The number of sulfone groups is 1. The largest absolute Gasteiger partial charge is 0.222 e. The fraction of sp³-hybridized carbons (Fsp3) is 0.200. The van der Waals surface area contributed by atoms with Crippen molar-refractivity contribution in [1.29, 1.82) is 0 Å². The normalized spacial score (nSPS) is 11.3. The first kappa shape index (κ1) is 8.35. The van der Waals surface area contributed by atoms with Crippen molar-refractivity contribution in [1.82, 2.24) is 9.59 Å². The van der Waals surface area contributed by atoms with Gasteiger partial charge >= 0.3 is 0 Å². The molecule has 0 unspecified atom stereocenters. The lowest BCUT2D eigenvalue weighted by Crippen LogP contribution is -2.04. The van der Waals surface area contributed by atoms with Gasteiger partial charge in [0.05, 0.1) is 11.1 Å². The van der Waals surface area contributed by atoms with E-state index in [2.05, 4.69) is 16.2 Å². The summed E-state index contributed by atoms with van der Waals surface area (Å²) in [6.45, 7) is 3.33. The lowest BCUT2D eigenvalue weighted by atomic mass is 10.8. The van der Waals surface area contributed by atoms with E-state index in [0.29, 0.717) is 0 Å². The second-order valence-electron chi connectivity index (χ2n) is 1.81. The molecule has 0 radical (unpaired) electrons. The zero-order valence-electron chi connectivity index (χ0n) is 5.60. The minimum atomic E-state index is -3.25. The summed E-state index contributed by atoms with van der Waals surface area (Å²) >= 11 is 1.02. The Kier molecular flexibility index (Phi) is 2.35. The number of hydrogen-bond donors (Lipinski definition) is 0. The molecular formula is C5H6N2O2S2. The maximum atomic E-state index is 11.1. The molecule has 0 saturated carbocycles. The Hall–Kier alpha value is -0.750. The third-order valence-electron chi connectivity index (χ3n) is 0.996. The van der Waals surface area contributed by atoms with Crippen LogP contribution in [-0.2, 0) is 9.84 Å². The molecule has 1 rings (SSSR count). The van der Waals surface area contributed by atoms with E-state index in [1.165, 1.54) is 11.5 Å². The highest BCUT2D eigenvalue weighted by molar-refractivity contribution is 7.91. The molecule has 0 fully saturated rings. The van der Waals surface area contributed by atoms with Crippen LogP contribution in [-0.4, -0.2) is 23.8 Å². The van der Waals surface area contributed by atoms with Crippen LogP contribution in [0.5, 0.6) is 0 Å². The first-order chi connectivity index (χ1) is 5.17. The van der Waals surface area contributed by atoms with Crippen LogP contribution < -0.4 is 0 Å². The Labute approximate surface area is 68.7 Å². The van der Waals surface area contributed by atoms with Gasteiger partial charge in [0.25, 0.3) is 0 Å². The lowest BCUT2D eigenvalue weighted by Gasteiger charge is -1.91. The highest BCUT2D eigenvalue weighted by Crippen LogP contribution is 2.07. The average Bonchev–Trinajstić information content (AvgIpc) is 2.37. The van der Waals surface area contributed by atoms with Crippen LogP contribution >= 0.6 is 11.5 Å². The summed E-state index contributed by atoms with van der Waals surface area (Å²) in [6, 6.07) is 0. The van der Waals surface area contributed by atoms with Crippen molar-refractivity contribution in [3.63, 3.8) is 0 Å². The Balaban J connectivity index is 3.01. The highest BCUT2D eigenvalue weighted by atomic mass is 32.2. The molecule has 0 spiro atoms. The van der Waals surface area contributed by atoms with Gasteiger partial charge in [-0.2, -0.15) is 0 Å². The molecular weight excluding hydrogens is 184 g/mol. The molecule has 1 heterocycles. The minimum Gasteiger partial charge on any atom is -0.222 e. The zero-order valence-corrected chi connectivity index (χ0v) is 7.23. The van der Waals surface area contributed by atoms with Crippen LogP contribution in [0.15, 0.2) is 23.1 Å². The molecule has 4 nitrogen and oxygen atoms in total. The topological polar surface area (TPSA) is 59.9 Å². The maximum Gasteiger partial charge on any atom is 0.201 e. The summed E-state index contributed by atoms with van der Waals surface area (Å²) in [7, 11) is -3.25. The van der Waals surface area contributed by atoms with Gasteiger partial charge in [0, 0.05) is 0 Å². The predicted molar refractivity (Wildman–Crippen MR) is 42.2 cm³/mol. The van der Waals surface area contributed by atoms with Crippen molar-refractivity contribution >= 4 is 21.4 Å². The maximum absolute atomic E-state index is 11.1. The standard InChI is InChI=1S/C5H6N2O2S2/c1-2-3-11(8,9)5-4-10-7-6-5/h2,4H,1,3H2. The highest BCUT2D eigenvalue weighted by Gasteiger charge is 2.14. The van der Waals surface area contributed by atoms with Crippen LogP contribution in [0.1, 0.15) is 0 Å². The predicted octanol–water partition coefficient (Wildman–Crippen LogP) is 0.498. The first-order valence-electron chi connectivity index (χ1n) is 2.77. The summed E-state index contributed by atoms with van der Waals surface area (Å²) in [5, 5.41) is 4.87. The Morgan fingerprint density at radius 2 is 2.45 bits per heavy atom. The van der Waals surface area contributed by atoms with E-state index in [1.807, 2.05) is 0 Å². The Morgan fingerprint density at radius 3 is 2.91 bits per heavy atom. The van der Waals surface area contributed by atoms with E-state index in [0.717, 1.165) is 11.5 Å². The van der Waals surface area contributed by atoms with Crippen molar-refractivity contribution in [2.45, 2.75) is 5.03 Å². The number of nitrogens with zero attached hydrogens (tertiary/aromatic N) is 2. The molecule has 0 aromatic carbocycles. The summed E-state index contributed by atoms with van der Waals surface area (Å²) in [5.74, 6) is -0.0849. The zero-order chi connectivity index (χ0) is 8.32. The molecule has 1 aromatic rings. The quantitative estimate of drug-likeness (QED) is 0.651. The fourth-order valence-electron chi connectivity index (χ4n) is 0.532. The van der Waals surface area contributed by atoms with Gasteiger partial charge < -0.3 is 0 Å². The minimum absolute atomic E-state index is 0.0300. The molecule has 60 valence electrons. The number of hydrogen-bond acceptors (Lipinski definition) is 5. The Morgan fingerprint density at radius 1 is 1.73 bits per heavy atom. The molecule has 0 aliphatic heterocycles. The third kappa shape index (κ3) is 1.84. The van der Waals surface area contributed by atoms with Gasteiger partial charge in [0.2, 0.25) is 9.84 Å². The molecule has 0 saturated heterocycles. The molecule has 0 N–H and O–H groups in total. The van der Waals surface area contributed by atoms with E-state index < -0.39 is 9.84 Å². The van der Waals surface area contributed by atoms with Crippen LogP contribution in [0, 0.1) is 0 Å². The molecule has 0 amide bonds. The molecule has 0 aliphatic carbocycles. The first-order valence-corrected chi connectivity index (χ1v) is 5.26. The van der Waals surface area contributed by atoms with Crippen LogP contribution in [0.4, 0.5) is 0 Å². The molecule has 1 aromatic heterocycles. The van der Waals surface area contributed by atoms with Crippen molar-refractivity contribution in [3.8, 4) is 0 Å². The molecule has 6 heteroatoms. The fourth-order valence-corrected chi connectivity index (χ4v) is 2.27. The van der Waals surface area contributed by atoms with Gasteiger partial charge in [0.15, 0.2) is 5.03 Å². The van der Waals surface area contributed by atoms with Crippen LogP contribution in [0.25, 0.3) is 0 Å². The molecule has 0 aliphatic rings. The van der Waals surface area contributed by atoms with E-state index in [-0.39, 0.29) is 10.8 Å². The van der Waals surface area contributed by atoms with Crippen LogP contribution in [0.3, 0.4) is 0 Å². The second kappa shape index (κ2) is 3.10. The van der Waals surface area contributed by atoms with Crippen molar-refractivity contribution < 1.29 is 8.42 Å². The lowest BCUT2D eigenvalue weighted by molar-refractivity contribution is 0.595. The second-order valence-corrected chi connectivity index (χ2v) is 4.40. The third-order valence-corrected chi connectivity index (χ3v) is 3.16. The van der Waals surface area contributed by atoms with Crippen molar-refractivity contribution in [2.24, 2.45) is 0 Å². The Bertz CT molecular complexity index is 327. The molecule has 11 heavy (non-hydrogen) atoms. The SMILES string of the molecule is C=CCS(=O)(=O)c1csnn1. The van der Waals surface area contributed by atoms with Crippen LogP contribution in [0.2, 0.25) is 0 Å².